The zero-order chi connectivity index (χ0) is 15.4. The number of hydrogen-bond donors (Lipinski definition) is 2. The van der Waals surface area contributed by atoms with E-state index in [1.165, 1.54) is 6.07 Å². The Morgan fingerprint density at radius 2 is 2.14 bits per heavy atom. The predicted molar refractivity (Wildman–Crippen MR) is 78.9 cm³/mol. The summed E-state index contributed by atoms with van der Waals surface area (Å²) in [6.07, 6.45) is 0. The SMILES string of the molecule is Cc1cc(C)c(OCc2cccc(NN)n2)c([N+](=O)[O-])c1. The molecule has 7 heteroatoms. The summed E-state index contributed by atoms with van der Waals surface area (Å²) in [4.78, 5) is 14.9. The summed E-state index contributed by atoms with van der Waals surface area (Å²) in [5.41, 5.74) is 4.56. The number of nitrogen functional groups attached to an aromatic ring is 1. The van der Waals surface area contributed by atoms with Gasteiger partial charge in [-0.1, -0.05) is 12.1 Å². The van der Waals surface area contributed by atoms with Crippen LogP contribution in [-0.2, 0) is 6.61 Å². The first-order valence-corrected chi connectivity index (χ1v) is 6.32. The number of nitro benzene ring substituents is 1. The predicted octanol–water partition coefficient (Wildman–Crippen LogP) is 2.47. The largest absolute Gasteiger partial charge is 0.480 e. The molecule has 0 spiro atoms. The fourth-order valence-corrected chi connectivity index (χ4v) is 2.04. The van der Waals surface area contributed by atoms with Crippen LogP contribution in [0.3, 0.4) is 0 Å². The Morgan fingerprint density at radius 1 is 1.38 bits per heavy atom. The van der Waals surface area contributed by atoms with Gasteiger partial charge >= 0.3 is 5.69 Å². The standard InChI is InChI=1S/C14H16N4O3/c1-9-6-10(2)14(12(7-9)18(19)20)21-8-11-4-3-5-13(16-11)17-15/h3-7H,8,15H2,1-2H3,(H,16,17). The van der Waals surface area contributed by atoms with Gasteiger partial charge < -0.3 is 10.2 Å². The lowest BCUT2D eigenvalue weighted by Crippen LogP contribution is -2.10. The number of nitrogens with zero attached hydrogens (tertiary/aromatic N) is 2. The van der Waals surface area contributed by atoms with Crippen LogP contribution >= 0.6 is 0 Å². The fourth-order valence-electron chi connectivity index (χ4n) is 2.04. The molecule has 0 aliphatic rings. The van der Waals surface area contributed by atoms with Crippen LogP contribution in [0.15, 0.2) is 30.3 Å². The van der Waals surface area contributed by atoms with Gasteiger partial charge in [0.1, 0.15) is 12.4 Å². The number of nitro groups is 1. The van der Waals surface area contributed by atoms with Crippen LogP contribution in [0.25, 0.3) is 0 Å². The highest BCUT2D eigenvalue weighted by atomic mass is 16.6. The first kappa shape index (κ1) is 14.7. The van der Waals surface area contributed by atoms with Crippen molar-refractivity contribution in [1.82, 2.24) is 4.98 Å². The van der Waals surface area contributed by atoms with Crippen molar-refractivity contribution in [1.29, 1.82) is 0 Å². The van der Waals surface area contributed by atoms with Crippen LogP contribution in [0.4, 0.5) is 11.5 Å². The molecule has 7 nitrogen and oxygen atoms in total. The van der Waals surface area contributed by atoms with E-state index in [2.05, 4.69) is 10.4 Å². The number of pyridine rings is 1. The maximum absolute atomic E-state index is 11.1. The maximum atomic E-state index is 11.1. The minimum Gasteiger partial charge on any atom is -0.480 e. The van der Waals surface area contributed by atoms with Gasteiger partial charge in [-0.05, 0) is 37.1 Å². The molecule has 0 aliphatic heterocycles. The van der Waals surface area contributed by atoms with E-state index in [9.17, 15) is 10.1 Å². The van der Waals surface area contributed by atoms with E-state index in [4.69, 9.17) is 10.6 Å². The molecule has 3 N–H and O–H groups in total. The van der Waals surface area contributed by atoms with Crippen LogP contribution in [-0.4, -0.2) is 9.91 Å². The van der Waals surface area contributed by atoms with Crippen molar-refractivity contribution < 1.29 is 9.66 Å². The van der Waals surface area contributed by atoms with Gasteiger partial charge in [-0.15, -0.1) is 0 Å². The second kappa shape index (κ2) is 6.19. The first-order valence-electron chi connectivity index (χ1n) is 6.32. The Hall–Kier alpha value is -2.67. The lowest BCUT2D eigenvalue weighted by atomic mass is 10.1. The van der Waals surface area contributed by atoms with Gasteiger partial charge in [0.25, 0.3) is 0 Å². The second-order valence-corrected chi connectivity index (χ2v) is 4.63. The van der Waals surface area contributed by atoms with Crippen molar-refractivity contribution in [3.63, 3.8) is 0 Å². The summed E-state index contributed by atoms with van der Waals surface area (Å²) < 4.78 is 5.60. The molecule has 1 heterocycles. The lowest BCUT2D eigenvalue weighted by molar-refractivity contribution is -0.386. The Bertz CT molecular complexity index is 673. The molecule has 0 atom stereocenters. The molecule has 0 saturated carbocycles. The van der Waals surface area contributed by atoms with E-state index in [1.54, 1.807) is 25.1 Å². The number of anilines is 1. The van der Waals surface area contributed by atoms with E-state index in [1.807, 2.05) is 13.0 Å². The number of aromatic nitrogens is 1. The van der Waals surface area contributed by atoms with Crippen molar-refractivity contribution in [2.24, 2.45) is 5.84 Å². The molecule has 1 aromatic carbocycles. The Balaban J connectivity index is 2.25. The normalized spacial score (nSPS) is 10.2. The topological polar surface area (TPSA) is 103 Å². The summed E-state index contributed by atoms with van der Waals surface area (Å²) in [5.74, 6) is 6.06. The van der Waals surface area contributed by atoms with E-state index in [0.29, 0.717) is 11.5 Å². The zero-order valence-corrected chi connectivity index (χ0v) is 11.8. The highest BCUT2D eigenvalue weighted by Gasteiger charge is 2.18. The van der Waals surface area contributed by atoms with Crippen molar-refractivity contribution in [3.05, 3.63) is 57.3 Å². The third kappa shape index (κ3) is 3.46. The van der Waals surface area contributed by atoms with Crippen LogP contribution in [0.2, 0.25) is 0 Å². The fraction of sp³-hybridized carbons (Fsp3) is 0.214. The van der Waals surface area contributed by atoms with Gasteiger partial charge in [-0.3, -0.25) is 10.1 Å². The molecule has 21 heavy (non-hydrogen) atoms. The van der Waals surface area contributed by atoms with Gasteiger partial charge in [-0.2, -0.15) is 0 Å². The van der Waals surface area contributed by atoms with Gasteiger partial charge in [0.2, 0.25) is 0 Å². The van der Waals surface area contributed by atoms with Crippen LogP contribution in [0.5, 0.6) is 5.75 Å². The first-order chi connectivity index (χ1) is 10.0. The number of nitrogens with two attached hydrogens (primary N) is 1. The minimum atomic E-state index is -0.444. The Morgan fingerprint density at radius 3 is 2.81 bits per heavy atom. The second-order valence-electron chi connectivity index (χ2n) is 4.63. The average molecular weight is 288 g/mol. The highest BCUT2D eigenvalue weighted by Crippen LogP contribution is 2.32. The van der Waals surface area contributed by atoms with Gasteiger partial charge in [0.15, 0.2) is 5.75 Å². The van der Waals surface area contributed by atoms with Gasteiger partial charge in [-0.25, -0.2) is 10.8 Å². The smallest absolute Gasteiger partial charge is 0.311 e. The Kier molecular flexibility index (Phi) is 4.34. The summed E-state index contributed by atoms with van der Waals surface area (Å²) in [5, 5.41) is 11.1. The van der Waals surface area contributed by atoms with E-state index >= 15 is 0 Å². The number of aryl methyl sites for hydroxylation is 2. The Labute approximate surface area is 121 Å². The van der Waals surface area contributed by atoms with E-state index in [-0.39, 0.29) is 18.0 Å². The number of benzene rings is 1. The molecule has 0 bridgehead atoms. The maximum Gasteiger partial charge on any atom is 0.311 e. The molecule has 0 amide bonds. The third-order valence-electron chi connectivity index (χ3n) is 2.92. The highest BCUT2D eigenvalue weighted by molar-refractivity contribution is 5.53. The molecule has 0 radical (unpaired) electrons. The van der Waals surface area contributed by atoms with Gasteiger partial charge in [0.05, 0.1) is 10.6 Å². The number of nitrogens with one attached hydrogen (secondary N) is 1. The summed E-state index contributed by atoms with van der Waals surface area (Å²) >= 11 is 0. The molecule has 0 unspecified atom stereocenters. The number of hydrazine groups is 1. The van der Waals surface area contributed by atoms with Crippen LogP contribution in [0, 0.1) is 24.0 Å². The summed E-state index contributed by atoms with van der Waals surface area (Å²) in [6.45, 7) is 3.71. The molecule has 0 saturated heterocycles. The zero-order valence-electron chi connectivity index (χ0n) is 11.8. The molecular formula is C14H16N4O3. The quantitative estimate of drug-likeness (QED) is 0.497. The lowest BCUT2D eigenvalue weighted by Gasteiger charge is -2.10. The molecule has 0 aliphatic carbocycles. The monoisotopic (exact) mass is 288 g/mol. The third-order valence-corrected chi connectivity index (χ3v) is 2.92. The van der Waals surface area contributed by atoms with Crippen LogP contribution < -0.4 is 16.0 Å². The van der Waals surface area contributed by atoms with Crippen molar-refractivity contribution in [3.8, 4) is 5.75 Å². The molecule has 1 aromatic heterocycles. The number of hydrogen-bond acceptors (Lipinski definition) is 6. The van der Waals surface area contributed by atoms with Crippen molar-refractivity contribution in [2.45, 2.75) is 20.5 Å². The number of ether oxygens (including phenoxy) is 1. The van der Waals surface area contributed by atoms with E-state index < -0.39 is 4.92 Å². The number of rotatable bonds is 5. The molecule has 110 valence electrons. The average Bonchev–Trinajstić information content (AvgIpc) is 2.45. The molecule has 2 aromatic rings. The van der Waals surface area contributed by atoms with Gasteiger partial charge in [0, 0.05) is 6.07 Å². The van der Waals surface area contributed by atoms with E-state index in [0.717, 1.165) is 11.1 Å². The van der Waals surface area contributed by atoms with Crippen LogP contribution in [0.1, 0.15) is 16.8 Å². The molecule has 2 rings (SSSR count). The molecule has 0 fully saturated rings. The summed E-state index contributed by atoms with van der Waals surface area (Å²) in [6, 6.07) is 8.58. The molecular weight excluding hydrogens is 272 g/mol. The summed E-state index contributed by atoms with van der Waals surface area (Å²) in [7, 11) is 0. The van der Waals surface area contributed by atoms with Crippen molar-refractivity contribution >= 4 is 11.5 Å². The van der Waals surface area contributed by atoms with Crippen molar-refractivity contribution in [2.75, 3.05) is 5.43 Å². The minimum absolute atomic E-state index is 0.0411.